The van der Waals surface area contributed by atoms with Crippen molar-refractivity contribution in [2.75, 3.05) is 57.5 Å². The van der Waals surface area contributed by atoms with Gasteiger partial charge in [-0.1, -0.05) is 48.5 Å². The molecular formula is C32H35N3O7S. The fourth-order valence-electron chi connectivity index (χ4n) is 5.35. The Morgan fingerprint density at radius 3 is 2.35 bits per heavy atom. The van der Waals surface area contributed by atoms with Gasteiger partial charge in [0.15, 0.2) is 11.0 Å². The van der Waals surface area contributed by atoms with Gasteiger partial charge in [0, 0.05) is 43.9 Å². The molecule has 0 saturated carbocycles. The summed E-state index contributed by atoms with van der Waals surface area (Å²) in [5, 5.41) is 1.08. The van der Waals surface area contributed by atoms with Crippen molar-refractivity contribution in [1.29, 1.82) is 0 Å². The van der Waals surface area contributed by atoms with Crippen LogP contribution in [-0.2, 0) is 14.4 Å². The largest absolute Gasteiger partial charge is 0.495 e. The minimum atomic E-state index is -4.01. The van der Waals surface area contributed by atoms with Gasteiger partial charge in [-0.05, 0) is 37.6 Å². The van der Waals surface area contributed by atoms with Gasteiger partial charge in [0.25, 0.3) is 16.0 Å². The molecule has 0 bridgehead atoms. The van der Waals surface area contributed by atoms with Crippen LogP contribution in [0.25, 0.3) is 22.3 Å². The second-order valence-corrected chi connectivity index (χ2v) is 12.0. The van der Waals surface area contributed by atoms with Crippen LogP contribution in [0.4, 0.5) is 5.69 Å². The molecule has 0 spiro atoms. The Bertz CT molecular complexity index is 1770. The summed E-state index contributed by atoms with van der Waals surface area (Å²) >= 11 is 0. The van der Waals surface area contributed by atoms with Crippen LogP contribution in [-0.4, -0.2) is 76.9 Å². The molecule has 226 valence electrons. The number of methoxy groups -OCH3 is 1. The number of benzene rings is 3. The molecule has 1 aromatic heterocycles. The summed E-state index contributed by atoms with van der Waals surface area (Å²) in [4.78, 5) is 31.6. The van der Waals surface area contributed by atoms with Crippen LogP contribution >= 0.6 is 0 Å². The number of amides is 1. The molecule has 4 aromatic rings. The summed E-state index contributed by atoms with van der Waals surface area (Å²) in [5.41, 5.74) is 2.01. The number of carbonyl (C=O) groups excluding carboxylic acids is 1. The number of rotatable bonds is 10. The zero-order valence-electron chi connectivity index (χ0n) is 24.5. The van der Waals surface area contributed by atoms with E-state index < -0.39 is 16.0 Å². The van der Waals surface area contributed by atoms with Gasteiger partial charge in [-0.2, -0.15) is 13.5 Å². The first kappa shape index (κ1) is 30.3. The summed E-state index contributed by atoms with van der Waals surface area (Å²) in [6.45, 7) is 5.55. The number of hydrogen-bond donors (Lipinski definition) is 0. The average Bonchev–Trinajstić information content (AvgIpc) is 3.02. The Morgan fingerprint density at radius 2 is 1.65 bits per heavy atom. The summed E-state index contributed by atoms with van der Waals surface area (Å²) in [7, 11) is -2.35. The fourth-order valence-corrected chi connectivity index (χ4v) is 5.82. The van der Waals surface area contributed by atoms with Crippen LogP contribution in [0.1, 0.15) is 22.3 Å². The normalized spacial score (nSPS) is 14.2. The predicted molar refractivity (Wildman–Crippen MR) is 166 cm³/mol. The number of hydroxylamine groups is 2. The number of para-hydroxylation sites is 3. The Morgan fingerprint density at radius 1 is 0.953 bits per heavy atom. The van der Waals surface area contributed by atoms with Crippen molar-refractivity contribution < 1.29 is 26.7 Å². The standard InChI is InChI=1S/C32H35N3O7S/c1-23-29(36)25-13-9-14-26(31(25)41-30(23)24-11-5-4-6-12-24)32(37)35(42-43(3,38)39)18-10-17-33-19-21-34(22-20-33)27-15-7-8-16-28(27)40-2/h4-9,11-16H,10,17-22H2,1-3H3. The van der Waals surface area contributed by atoms with E-state index in [0.29, 0.717) is 29.9 Å². The number of piperazine rings is 1. The number of hydrogen-bond acceptors (Lipinski definition) is 9. The van der Waals surface area contributed by atoms with Crippen LogP contribution < -0.4 is 15.1 Å². The van der Waals surface area contributed by atoms with E-state index in [9.17, 15) is 18.0 Å². The van der Waals surface area contributed by atoms with E-state index in [1.807, 2.05) is 54.6 Å². The molecule has 0 atom stereocenters. The first-order valence-electron chi connectivity index (χ1n) is 14.1. The maximum atomic E-state index is 13.8. The van der Waals surface area contributed by atoms with Crippen LogP contribution in [0.3, 0.4) is 0 Å². The third-order valence-corrected chi connectivity index (χ3v) is 7.95. The molecule has 1 fully saturated rings. The first-order chi connectivity index (χ1) is 20.7. The highest BCUT2D eigenvalue weighted by Gasteiger charge is 2.26. The molecule has 0 unspecified atom stereocenters. The highest BCUT2D eigenvalue weighted by atomic mass is 32.2. The molecule has 1 amide bonds. The Hall–Kier alpha value is -4.19. The van der Waals surface area contributed by atoms with Crippen molar-refractivity contribution in [3.8, 4) is 17.1 Å². The summed E-state index contributed by atoms with van der Waals surface area (Å²) in [6.07, 6.45) is 1.36. The Labute approximate surface area is 251 Å². The predicted octanol–water partition coefficient (Wildman–Crippen LogP) is 4.32. The first-order valence-corrected chi connectivity index (χ1v) is 15.9. The lowest BCUT2D eigenvalue weighted by Crippen LogP contribution is -2.47. The summed E-state index contributed by atoms with van der Waals surface area (Å²) in [6, 6.07) is 21.7. The molecule has 0 radical (unpaired) electrons. The smallest absolute Gasteiger partial charge is 0.285 e. The van der Waals surface area contributed by atoms with E-state index in [1.165, 1.54) is 6.07 Å². The second kappa shape index (κ2) is 13.0. The van der Waals surface area contributed by atoms with E-state index in [-0.39, 0.29) is 28.5 Å². The number of ether oxygens (including phenoxy) is 1. The minimum absolute atomic E-state index is 0.0245. The van der Waals surface area contributed by atoms with Crippen molar-refractivity contribution in [3.63, 3.8) is 0 Å². The second-order valence-electron chi connectivity index (χ2n) is 10.5. The van der Waals surface area contributed by atoms with Gasteiger partial charge in [0.1, 0.15) is 11.5 Å². The maximum Gasteiger partial charge on any atom is 0.285 e. The van der Waals surface area contributed by atoms with E-state index in [4.69, 9.17) is 13.4 Å². The average molecular weight is 606 g/mol. The third-order valence-electron chi connectivity index (χ3n) is 7.50. The summed E-state index contributed by atoms with van der Waals surface area (Å²) < 4.78 is 41.1. The zero-order valence-corrected chi connectivity index (χ0v) is 25.3. The molecule has 43 heavy (non-hydrogen) atoms. The van der Waals surface area contributed by atoms with E-state index >= 15 is 0 Å². The van der Waals surface area contributed by atoms with Gasteiger partial charge in [-0.25, -0.2) is 0 Å². The number of fused-ring (bicyclic) bond motifs is 1. The molecule has 0 aliphatic carbocycles. The molecule has 0 N–H and O–H groups in total. The van der Waals surface area contributed by atoms with Gasteiger partial charge >= 0.3 is 0 Å². The minimum Gasteiger partial charge on any atom is -0.495 e. The number of nitrogens with zero attached hydrogens (tertiary/aromatic N) is 3. The van der Waals surface area contributed by atoms with Crippen LogP contribution in [0, 0.1) is 6.92 Å². The lowest BCUT2D eigenvalue weighted by atomic mass is 10.0. The topological polar surface area (TPSA) is 110 Å². The van der Waals surface area contributed by atoms with Crippen molar-refractivity contribution in [3.05, 3.63) is 94.1 Å². The monoisotopic (exact) mass is 605 g/mol. The van der Waals surface area contributed by atoms with Gasteiger partial charge in [0.05, 0.1) is 36.5 Å². The van der Waals surface area contributed by atoms with Crippen molar-refractivity contribution in [2.24, 2.45) is 0 Å². The van der Waals surface area contributed by atoms with Gasteiger partial charge in [-0.15, -0.1) is 4.28 Å². The third kappa shape index (κ3) is 6.90. The SMILES string of the molecule is COc1ccccc1N1CCN(CCCN(OS(C)(=O)=O)C(=O)c2cccc3c(=O)c(C)c(-c4ccccc4)oc23)CC1. The molecule has 1 aliphatic heterocycles. The molecule has 1 aliphatic rings. The molecule has 1 saturated heterocycles. The van der Waals surface area contributed by atoms with Crippen LogP contribution in [0.5, 0.6) is 5.75 Å². The maximum absolute atomic E-state index is 13.8. The summed E-state index contributed by atoms with van der Waals surface area (Å²) in [5.74, 6) is 0.475. The lowest BCUT2D eigenvalue weighted by Gasteiger charge is -2.36. The van der Waals surface area contributed by atoms with E-state index in [2.05, 4.69) is 9.80 Å². The van der Waals surface area contributed by atoms with Crippen molar-refractivity contribution in [2.45, 2.75) is 13.3 Å². The Kier molecular flexibility index (Phi) is 9.14. The van der Waals surface area contributed by atoms with Gasteiger partial charge in [0.2, 0.25) is 0 Å². The molecule has 11 heteroatoms. The van der Waals surface area contributed by atoms with E-state index in [0.717, 1.165) is 48.9 Å². The fraction of sp³-hybridized carbons (Fsp3) is 0.312. The van der Waals surface area contributed by atoms with Crippen molar-refractivity contribution in [1.82, 2.24) is 9.96 Å². The van der Waals surface area contributed by atoms with Gasteiger partial charge < -0.3 is 14.1 Å². The van der Waals surface area contributed by atoms with Crippen molar-refractivity contribution >= 4 is 32.7 Å². The zero-order chi connectivity index (χ0) is 30.6. The van der Waals surface area contributed by atoms with Gasteiger partial charge in [-0.3, -0.25) is 14.5 Å². The quantitative estimate of drug-likeness (QED) is 0.244. The highest BCUT2D eigenvalue weighted by Crippen LogP contribution is 2.29. The number of anilines is 1. The van der Waals surface area contributed by atoms with Crippen LogP contribution in [0.15, 0.2) is 82.0 Å². The number of carbonyl (C=O) groups is 1. The Balaban J connectivity index is 1.33. The molecule has 5 rings (SSSR count). The molecular weight excluding hydrogens is 570 g/mol. The highest BCUT2D eigenvalue weighted by molar-refractivity contribution is 7.85. The molecule has 2 heterocycles. The molecule has 3 aromatic carbocycles. The van der Waals surface area contributed by atoms with Crippen LogP contribution in [0.2, 0.25) is 0 Å². The molecule has 10 nitrogen and oxygen atoms in total. The lowest BCUT2D eigenvalue weighted by molar-refractivity contribution is -0.0289. The van der Waals surface area contributed by atoms with E-state index in [1.54, 1.807) is 26.2 Å².